The molecule has 0 amide bonds. The van der Waals surface area contributed by atoms with Gasteiger partial charge in [0, 0.05) is 17.6 Å². The van der Waals surface area contributed by atoms with E-state index >= 15 is 0 Å². The number of benzene rings is 1. The highest BCUT2D eigenvalue weighted by atomic mass is 19.1. The van der Waals surface area contributed by atoms with Gasteiger partial charge in [-0.2, -0.15) is 4.98 Å². The number of nitrogens with one attached hydrogen (secondary N) is 2. The maximum absolute atomic E-state index is 12.9. The summed E-state index contributed by atoms with van der Waals surface area (Å²) in [6.07, 6.45) is 7.09. The molecule has 0 aliphatic heterocycles. The van der Waals surface area contributed by atoms with Crippen LogP contribution in [-0.4, -0.2) is 16.1 Å². The zero-order chi connectivity index (χ0) is 16.5. The van der Waals surface area contributed by atoms with E-state index in [2.05, 4.69) is 27.2 Å². The molecule has 0 radical (unpaired) electrons. The Morgan fingerprint density at radius 3 is 2.74 bits per heavy atom. The van der Waals surface area contributed by atoms with Crippen molar-refractivity contribution in [1.29, 1.82) is 0 Å². The van der Waals surface area contributed by atoms with Gasteiger partial charge in [-0.25, -0.2) is 9.37 Å². The van der Waals surface area contributed by atoms with Crippen molar-refractivity contribution in [1.82, 2.24) is 9.97 Å². The molecule has 0 spiro atoms. The Labute approximate surface area is 135 Å². The molecule has 0 fully saturated rings. The molecule has 2 rings (SSSR count). The summed E-state index contributed by atoms with van der Waals surface area (Å²) in [4.78, 5) is 8.56. The predicted molar refractivity (Wildman–Crippen MR) is 93.4 cm³/mol. The third-order valence-electron chi connectivity index (χ3n) is 2.80. The van der Waals surface area contributed by atoms with Crippen LogP contribution in [0.3, 0.4) is 0 Å². The van der Waals surface area contributed by atoms with Crippen molar-refractivity contribution >= 4 is 17.5 Å². The molecule has 5 heteroatoms. The van der Waals surface area contributed by atoms with E-state index in [1.165, 1.54) is 13.0 Å². The van der Waals surface area contributed by atoms with Crippen molar-refractivity contribution < 1.29 is 4.39 Å². The topological polar surface area (TPSA) is 49.8 Å². The summed E-state index contributed by atoms with van der Waals surface area (Å²) >= 11 is 0. The Balaban J connectivity index is 2.12. The third-order valence-corrected chi connectivity index (χ3v) is 2.80. The Morgan fingerprint density at radius 1 is 1.26 bits per heavy atom. The first-order valence-corrected chi connectivity index (χ1v) is 7.24. The number of allylic oxidation sites excluding steroid dienone is 4. The summed E-state index contributed by atoms with van der Waals surface area (Å²) < 4.78 is 12.9. The monoisotopic (exact) mass is 310 g/mol. The lowest BCUT2D eigenvalue weighted by molar-refractivity contribution is 0.430. The van der Waals surface area contributed by atoms with Crippen LogP contribution in [0.1, 0.15) is 6.92 Å². The van der Waals surface area contributed by atoms with E-state index in [0.29, 0.717) is 17.5 Å². The van der Waals surface area contributed by atoms with E-state index in [1.807, 2.05) is 30.3 Å². The summed E-state index contributed by atoms with van der Waals surface area (Å²) in [7, 11) is 0. The first kappa shape index (κ1) is 16.4. The van der Waals surface area contributed by atoms with Crippen LogP contribution in [0.15, 0.2) is 79.2 Å². The van der Waals surface area contributed by atoms with E-state index in [4.69, 9.17) is 0 Å². The summed E-state index contributed by atoms with van der Waals surface area (Å²) in [6.45, 7) is 5.12. The van der Waals surface area contributed by atoms with Gasteiger partial charge in [-0.1, -0.05) is 30.9 Å². The Bertz CT molecular complexity index is 693. The quantitative estimate of drug-likeness (QED) is 0.733. The molecule has 1 aromatic heterocycles. The van der Waals surface area contributed by atoms with Crippen LogP contribution < -0.4 is 10.6 Å². The lowest BCUT2D eigenvalue weighted by atomic mass is 10.3. The number of alkyl halides is 1. The van der Waals surface area contributed by atoms with Crippen molar-refractivity contribution in [3.05, 3.63) is 79.2 Å². The van der Waals surface area contributed by atoms with E-state index in [1.54, 1.807) is 30.5 Å². The first-order chi connectivity index (χ1) is 11.2. The second kappa shape index (κ2) is 8.48. The van der Waals surface area contributed by atoms with Gasteiger partial charge in [0.05, 0.1) is 0 Å². The molecule has 0 aliphatic rings. The first-order valence-electron chi connectivity index (χ1n) is 7.24. The largest absolute Gasteiger partial charge is 0.340 e. The second-order valence-electron chi connectivity index (χ2n) is 4.78. The molecule has 23 heavy (non-hydrogen) atoms. The molecule has 0 saturated heterocycles. The molecule has 0 aliphatic carbocycles. The molecule has 1 heterocycles. The van der Waals surface area contributed by atoms with Crippen LogP contribution in [0.2, 0.25) is 0 Å². The minimum atomic E-state index is -1.02. The summed E-state index contributed by atoms with van der Waals surface area (Å²) in [5.74, 6) is 1.07. The summed E-state index contributed by atoms with van der Waals surface area (Å²) in [5, 5.41) is 6.23. The highest BCUT2D eigenvalue weighted by Gasteiger charge is 2.01. The van der Waals surface area contributed by atoms with Crippen molar-refractivity contribution in [3.8, 4) is 0 Å². The molecule has 2 aromatic rings. The third kappa shape index (κ3) is 5.74. The molecule has 118 valence electrons. The number of halogens is 1. The maximum atomic E-state index is 12.9. The maximum Gasteiger partial charge on any atom is 0.229 e. The lowest BCUT2D eigenvalue weighted by Crippen LogP contribution is -2.03. The zero-order valence-corrected chi connectivity index (χ0v) is 12.9. The fraction of sp³-hybridized carbons (Fsp3) is 0.111. The van der Waals surface area contributed by atoms with Gasteiger partial charge in [0.25, 0.3) is 0 Å². The van der Waals surface area contributed by atoms with Crippen molar-refractivity contribution in [2.75, 3.05) is 10.6 Å². The smallest absolute Gasteiger partial charge is 0.229 e. The normalized spacial score (nSPS) is 12.9. The minimum Gasteiger partial charge on any atom is -0.340 e. The molecule has 1 atom stereocenters. The highest BCUT2D eigenvalue weighted by Crippen LogP contribution is 2.15. The van der Waals surface area contributed by atoms with Crippen molar-refractivity contribution in [2.24, 2.45) is 0 Å². The fourth-order valence-corrected chi connectivity index (χ4v) is 1.79. The number of nitrogens with zero attached hydrogens (tertiary/aromatic N) is 2. The summed E-state index contributed by atoms with van der Waals surface area (Å²) in [5.41, 5.74) is 1.59. The SMILES string of the molecule is C=C/C=C(\C=C/C(C)F)Nc1ccnc(Nc2ccccc2)n1. The molecule has 0 saturated carbocycles. The van der Waals surface area contributed by atoms with Crippen LogP contribution in [0.5, 0.6) is 0 Å². The zero-order valence-electron chi connectivity index (χ0n) is 12.9. The van der Waals surface area contributed by atoms with Gasteiger partial charge in [0.2, 0.25) is 5.95 Å². The molecule has 1 unspecified atom stereocenters. The number of anilines is 3. The van der Waals surface area contributed by atoms with Crippen molar-refractivity contribution in [2.45, 2.75) is 13.1 Å². The van der Waals surface area contributed by atoms with Crippen molar-refractivity contribution in [3.63, 3.8) is 0 Å². The number of rotatable bonds is 7. The van der Waals surface area contributed by atoms with Gasteiger partial charge in [-0.05, 0) is 43.4 Å². The Hall–Kier alpha value is -2.95. The molecular weight excluding hydrogens is 291 g/mol. The standard InChI is InChI=1S/C18H19FN4/c1-3-7-15(11-10-14(2)19)21-17-12-13-20-18(23-17)22-16-8-5-4-6-9-16/h3-14H,1H2,2H3,(H2,20,21,22,23)/b11-10-,15-7+. The van der Waals surface area contributed by atoms with Gasteiger partial charge >= 0.3 is 0 Å². The minimum absolute atomic E-state index is 0.474. The van der Waals surface area contributed by atoms with Crippen LogP contribution >= 0.6 is 0 Å². The van der Waals surface area contributed by atoms with Gasteiger partial charge in [0.1, 0.15) is 12.0 Å². The van der Waals surface area contributed by atoms with E-state index in [-0.39, 0.29) is 0 Å². The molecular formula is C18H19FN4. The average Bonchev–Trinajstić information content (AvgIpc) is 2.54. The highest BCUT2D eigenvalue weighted by molar-refractivity contribution is 5.55. The van der Waals surface area contributed by atoms with Crippen LogP contribution in [0, 0.1) is 0 Å². The fourth-order valence-electron chi connectivity index (χ4n) is 1.79. The van der Waals surface area contributed by atoms with Gasteiger partial charge in [-0.15, -0.1) is 0 Å². The van der Waals surface area contributed by atoms with Crippen LogP contribution in [-0.2, 0) is 0 Å². The van der Waals surface area contributed by atoms with Gasteiger partial charge in [-0.3, -0.25) is 0 Å². The number of hydrogen-bond donors (Lipinski definition) is 2. The van der Waals surface area contributed by atoms with Crippen LogP contribution in [0.4, 0.5) is 21.8 Å². The van der Waals surface area contributed by atoms with E-state index < -0.39 is 6.17 Å². The van der Waals surface area contributed by atoms with Gasteiger partial charge < -0.3 is 10.6 Å². The predicted octanol–water partition coefficient (Wildman–Crippen LogP) is 4.62. The Morgan fingerprint density at radius 2 is 2.04 bits per heavy atom. The molecule has 0 bridgehead atoms. The summed E-state index contributed by atoms with van der Waals surface area (Å²) in [6, 6.07) is 11.4. The Kier molecular flexibility index (Phi) is 6.06. The molecule has 4 nitrogen and oxygen atoms in total. The van der Waals surface area contributed by atoms with E-state index in [0.717, 1.165) is 5.69 Å². The molecule has 2 N–H and O–H groups in total. The lowest BCUT2D eigenvalue weighted by Gasteiger charge is -2.09. The second-order valence-corrected chi connectivity index (χ2v) is 4.78. The number of hydrogen-bond acceptors (Lipinski definition) is 4. The molecule has 1 aromatic carbocycles. The van der Waals surface area contributed by atoms with E-state index in [9.17, 15) is 4.39 Å². The van der Waals surface area contributed by atoms with Gasteiger partial charge in [0.15, 0.2) is 0 Å². The average molecular weight is 310 g/mol. The van der Waals surface area contributed by atoms with Crippen LogP contribution in [0.25, 0.3) is 0 Å². The number of para-hydroxylation sites is 1. The number of aromatic nitrogens is 2.